The van der Waals surface area contributed by atoms with Crippen LogP contribution >= 0.6 is 0 Å². The van der Waals surface area contributed by atoms with Crippen molar-refractivity contribution in [3.8, 4) is 11.5 Å². The summed E-state index contributed by atoms with van der Waals surface area (Å²) in [5.74, 6) is 1.05. The van der Waals surface area contributed by atoms with Gasteiger partial charge < -0.3 is 19.9 Å². The van der Waals surface area contributed by atoms with Crippen molar-refractivity contribution in [3.63, 3.8) is 0 Å². The van der Waals surface area contributed by atoms with E-state index in [1.165, 1.54) is 6.08 Å². The minimum Gasteiger partial charge on any atom is -0.493 e. The maximum atomic E-state index is 11.3. The van der Waals surface area contributed by atoms with Crippen LogP contribution in [0.1, 0.15) is 12.5 Å². The number of aliphatic hydroxyl groups is 1. The van der Waals surface area contributed by atoms with Crippen LogP contribution in [0.3, 0.4) is 0 Å². The Kier molecular flexibility index (Phi) is 6.46. The van der Waals surface area contributed by atoms with E-state index in [1.54, 1.807) is 25.3 Å². The molecule has 0 saturated heterocycles. The minimum absolute atomic E-state index is 0.0728. The molecule has 104 valence electrons. The van der Waals surface area contributed by atoms with E-state index in [1.807, 2.05) is 13.0 Å². The number of carbonyl (C=O) groups excluding carboxylic acids is 1. The zero-order valence-electron chi connectivity index (χ0n) is 11.2. The Labute approximate surface area is 112 Å². The Morgan fingerprint density at radius 1 is 1.42 bits per heavy atom. The van der Waals surface area contributed by atoms with Gasteiger partial charge in [-0.3, -0.25) is 4.79 Å². The van der Waals surface area contributed by atoms with Crippen LogP contribution in [0, 0.1) is 0 Å². The molecule has 1 rings (SSSR count). The molecule has 5 heteroatoms. The molecule has 5 nitrogen and oxygen atoms in total. The first-order valence-electron chi connectivity index (χ1n) is 6.08. The van der Waals surface area contributed by atoms with Gasteiger partial charge in [0.05, 0.1) is 20.3 Å². The topological polar surface area (TPSA) is 67.8 Å². The fourth-order valence-electron chi connectivity index (χ4n) is 1.48. The number of benzene rings is 1. The van der Waals surface area contributed by atoms with E-state index in [0.29, 0.717) is 18.1 Å². The Morgan fingerprint density at radius 2 is 2.21 bits per heavy atom. The number of hydrogen-bond donors (Lipinski definition) is 2. The fraction of sp³-hybridized carbons (Fsp3) is 0.357. The summed E-state index contributed by atoms with van der Waals surface area (Å²) in [5.41, 5.74) is 0.836. The first-order valence-corrected chi connectivity index (χ1v) is 6.08. The average molecular weight is 265 g/mol. The maximum Gasteiger partial charge on any atom is 0.244 e. The molecule has 0 bridgehead atoms. The minimum atomic E-state index is -0.247. The van der Waals surface area contributed by atoms with Crippen molar-refractivity contribution in [1.29, 1.82) is 0 Å². The molecule has 0 aromatic heterocycles. The smallest absolute Gasteiger partial charge is 0.244 e. The maximum absolute atomic E-state index is 11.3. The SMILES string of the molecule is CCOc1cc(/C=C/C(=O)NCCO)ccc1OC. The van der Waals surface area contributed by atoms with Crippen LogP contribution in [0.15, 0.2) is 24.3 Å². The van der Waals surface area contributed by atoms with E-state index in [2.05, 4.69) is 5.32 Å². The Bertz CT molecular complexity index is 443. The lowest BCUT2D eigenvalue weighted by Crippen LogP contribution is -2.24. The average Bonchev–Trinajstić information content (AvgIpc) is 2.43. The highest BCUT2D eigenvalue weighted by Crippen LogP contribution is 2.28. The summed E-state index contributed by atoms with van der Waals surface area (Å²) >= 11 is 0. The molecule has 0 heterocycles. The van der Waals surface area contributed by atoms with Crippen LogP contribution in [-0.4, -0.2) is 37.9 Å². The standard InChI is InChI=1S/C14H19NO4/c1-3-19-13-10-11(4-6-12(13)18-2)5-7-14(17)15-8-9-16/h4-7,10,16H,3,8-9H2,1-2H3,(H,15,17)/b7-5+. The Balaban J connectivity index is 2.75. The van der Waals surface area contributed by atoms with Gasteiger partial charge in [-0.25, -0.2) is 0 Å². The summed E-state index contributed by atoms with van der Waals surface area (Å²) in [6.45, 7) is 2.61. The van der Waals surface area contributed by atoms with Crippen molar-refractivity contribution < 1.29 is 19.4 Å². The predicted molar refractivity (Wildman–Crippen MR) is 73.3 cm³/mol. The zero-order valence-corrected chi connectivity index (χ0v) is 11.2. The normalized spacial score (nSPS) is 10.5. The molecular formula is C14H19NO4. The molecule has 0 radical (unpaired) electrons. The first-order chi connectivity index (χ1) is 9.21. The third kappa shape index (κ3) is 5.01. The molecule has 0 aliphatic rings. The molecule has 0 aliphatic carbocycles. The monoisotopic (exact) mass is 265 g/mol. The Hall–Kier alpha value is -2.01. The van der Waals surface area contributed by atoms with E-state index < -0.39 is 0 Å². The van der Waals surface area contributed by atoms with Crippen molar-refractivity contribution in [2.75, 3.05) is 26.9 Å². The molecule has 1 aromatic rings. The van der Waals surface area contributed by atoms with Crippen LogP contribution in [0.4, 0.5) is 0 Å². The number of ether oxygens (including phenoxy) is 2. The van der Waals surface area contributed by atoms with Crippen molar-refractivity contribution in [3.05, 3.63) is 29.8 Å². The fourth-order valence-corrected chi connectivity index (χ4v) is 1.48. The van der Waals surface area contributed by atoms with E-state index >= 15 is 0 Å². The van der Waals surface area contributed by atoms with Crippen LogP contribution in [0.5, 0.6) is 11.5 Å². The first kappa shape index (κ1) is 15.0. The van der Waals surface area contributed by atoms with Gasteiger partial charge in [0.1, 0.15) is 0 Å². The lowest BCUT2D eigenvalue weighted by molar-refractivity contribution is -0.116. The molecule has 0 unspecified atom stereocenters. The second kappa shape index (κ2) is 8.16. The Morgan fingerprint density at radius 3 is 2.84 bits per heavy atom. The van der Waals surface area contributed by atoms with E-state index in [-0.39, 0.29) is 19.1 Å². The van der Waals surface area contributed by atoms with Crippen molar-refractivity contribution in [2.45, 2.75) is 6.92 Å². The van der Waals surface area contributed by atoms with E-state index in [4.69, 9.17) is 14.6 Å². The molecule has 0 atom stereocenters. The number of nitrogens with one attached hydrogen (secondary N) is 1. The quantitative estimate of drug-likeness (QED) is 0.727. The molecular weight excluding hydrogens is 246 g/mol. The number of amides is 1. The number of aliphatic hydroxyl groups excluding tert-OH is 1. The van der Waals surface area contributed by atoms with Gasteiger partial charge in [0.25, 0.3) is 0 Å². The van der Waals surface area contributed by atoms with E-state index in [9.17, 15) is 4.79 Å². The summed E-state index contributed by atoms with van der Waals surface area (Å²) in [6, 6.07) is 5.42. The van der Waals surface area contributed by atoms with Crippen LogP contribution in [0.2, 0.25) is 0 Å². The van der Waals surface area contributed by atoms with Gasteiger partial charge in [0.15, 0.2) is 11.5 Å². The summed E-state index contributed by atoms with van der Waals surface area (Å²) in [4.78, 5) is 11.3. The van der Waals surface area contributed by atoms with Crippen LogP contribution < -0.4 is 14.8 Å². The molecule has 19 heavy (non-hydrogen) atoms. The van der Waals surface area contributed by atoms with Gasteiger partial charge in [-0.1, -0.05) is 6.07 Å². The number of carbonyl (C=O) groups is 1. The highest BCUT2D eigenvalue weighted by molar-refractivity contribution is 5.91. The van der Waals surface area contributed by atoms with Crippen molar-refractivity contribution in [2.24, 2.45) is 0 Å². The summed E-state index contributed by atoms with van der Waals surface area (Å²) in [7, 11) is 1.58. The van der Waals surface area contributed by atoms with Gasteiger partial charge in [-0.2, -0.15) is 0 Å². The molecule has 0 saturated carbocycles. The van der Waals surface area contributed by atoms with Crippen molar-refractivity contribution >= 4 is 12.0 Å². The van der Waals surface area contributed by atoms with Gasteiger partial charge >= 0.3 is 0 Å². The predicted octanol–water partition coefficient (Wildman–Crippen LogP) is 1.22. The van der Waals surface area contributed by atoms with Crippen molar-refractivity contribution in [1.82, 2.24) is 5.32 Å². The zero-order chi connectivity index (χ0) is 14.1. The van der Waals surface area contributed by atoms with Gasteiger partial charge in [0.2, 0.25) is 5.91 Å². The number of methoxy groups -OCH3 is 1. The summed E-state index contributed by atoms with van der Waals surface area (Å²) < 4.78 is 10.6. The molecule has 1 aromatic carbocycles. The van der Waals surface area contributed by atoms with Crippen LogP contribution in [-0.2, 0) is 4.79 Å². The third-order valence-corrected chi connectivity index (χ3v) is 2.33. The van der Waals surface area contributed by atoms with Crippen LogP contribution in [0.25, 0.3) is 6.08 Å². The molecule has 0 aliphatic heterocycles. The van der Waals surface area contributed by atoms with Gasteiger partial charge in [-0.05, 0) is 30.7 Å². The largest absolute Gasteiger partial charge is 0.493 e. The molecule has 1 amide bonds. The van der Waals surface area contributed by atoms with E-state index in [0.717, 1.165) is 5.56 Å². The number of rotatable bonds is 7. The lowest BCUT2D eigenvalue weighted by atomic mass is 10.2. The summed E-state index contributed by atoms with van der Waals surface area (Å²) in [5, 5.41) is 11.1. The molecule has 0 spiro atoms. The second-order valence-corrected chi connectivity index (χ2v) is 3.69. The van der Waals surface area contributed by atoms with Gasteiger partial charge in [-0.15, -0.1) is 0 Å². The highest BCUT2D eigenvalue weighted by Gasteiger charge is 2.04. The third-order valence-electron chi connectivity index (χ3n) is 2.33. The summed E-state index contributed by atoms with van der Waals surface area (Å²) in [6.07, 6.45) is 3.09. The second-order valence-electron chi connectivity index (χ2n) is 3.69. The van der Waals surface area contributed by atoms with Gasteiger partial charge in [0, 0.05) is 12.6 Å². The lowest BCUT2D eigenvalue weighted by Gasteiger charge is -2.09. The number of hydrogen-bond acceptors (Lipinski definition) is 4. The molecule has 2 N–H and O–H groups in total. The highest BCUT2D eigenvalue weighted by atomic mass is 16.5. The molecule has 0 fully saturated rings.